The number of amides is 1. The van der Waals surface area contributed by atoms with E-state index in [2.05, 4.69) is 19.2 Å². The average Bonchev–Trinajstić information content (AvgIpc) is 2.88. The second-order valence-corrected chi connectivity index (χ2v) is 5.58. The van der Waals surface area contributed by atoms with E-state index in [4.69, 9.17) is 4.74 Å². The highest BCUT2D eigenvalue weighted by Crippen LogP contribution is 2.52. The third-order valence-electron chi connectivity index (χ3n) is 3.69. The van der Waals surface area contributed by atoms with E-state index in [9.17, 15) is 4.79 Å². The van der Waals surface area contributed by atoms with Crippen molar-refractivity contribution in [3.63, 3.8) is 0 Å². The number of nitrogens with one attached hydrogen (secondary N) is 1. The Morgan fingerprint density at radius 3 is 2.81 bits per heavy atom. The highest BCUT2D eigenvalue weighted by Gasteiger charge is 2.52. The molecule has 1 saturated carbocycles. The lowest BCUT2D eigenvalue weighted by molar-refractivity contribution is -0.140. The van der Waals surface area contributed by atoms with Crippen LogP contribution >= 0.6 is 0 Å². The van der Waals surface area contributed by atoms with Crippen LogP contribution in [-0.4, -0.2) is 50.2 Å². The smallest absolute Gasteiger partial charge is 0.226 e. The van der Waals surface area contributed by atoms with Crippen LogP contribution in [-0.2, 0) is 9.53 Å². The molecule has 1 heterocycles. The largest absolute Gasteiger partial charge is 0.373 e. The Hall–Kier alpha value is -0.610. The van der Waals surface area contributed by atoms with E-state index >= 15 is 0 Å². The van der Waals surface area contributed by atoms with Crippen LogP contribution < -0.4 is 5.32 Å². The first kappa shape index (κ1) is 11.9. The number of hydrogen-bond donors (Lipinski definition) is 1. The molecule has 1 amide bonds. The monoisotopic (exact) mass is 226 g/mol. The Morgan fingerprint density at radius 1 is 1.56 bits per heavy atom. The summed E-state index contributed by atoms with van der Waals surface area (Å²) in [5, 5.41) is 3.10. The van der Waals surface area contributed by atoms with Gasteiger partial charge in [-0.3, -0.25) is 4.79 Å². The number of nitrogens with zero attached hydrogens (tertiary/aromatic N) is 1. The van der Waals surface area contributed by atoms with E-state index in [1.165, 1.54) is 0 Å². The van der Waals surface area contributed by atoms with Crippen molar-refractivity contribution >= 4 is 5.91 Å². The van der Waals surface area contributed by atoms with E-state index in [0.29, 0.717) is 12.5 Å². The van der Waals surface area contributed by atoms with Gasteiger partial charge in [0.25, 0.3) is 0 Å². The molecule has 16 heavy (non-hydrogen) atoms. The third kappa shape index (κ3) is 2.38. The predicted molar refractivity (Wildman–Crippen MR) is 62.1 cm³/mol. The minimum absolute atomic E-state index is 0.157. The lowest BCUT2D eigenvalue weighted by Crippen LogP contribution is -2.49. The number of morpholine rings is 1. The molecule has 1 aliphatic heterocycles. The second-order valence-electron chi connectivity index (χ2n) is 5.58. The van der Waals surface area contributed by atoms with Crippen LogP contribution in [0.15, 0.2) is 0 Å². The minimum atomic E-state index is 0.157. The molecule has 1 aliphatic carbocycles. The zero-order valence-corrected chi connectivity index (χ0v) is 10.5. The van der Waals surface area contributed by atoms with Crippen LogP contribution in [0.1, 0.15) is 20.3 Å². The molecule has 92 valence electrons. The van der Waals surface area contributed by atoms with Gasteiger partial charge in [-0.1, -0.05) is 13.8 Å². The summed E-state index contributed by atoms with van der Waals surface area (Å²) in [6, 6.07) is 0. The predicted octanol–water partition coefficient (Wildman–Crippen LogP) is 0.479. The number of likely N-dealkylation sites (N-methyl/N-ethyl adjacent to an activating group) is 1. The van der Waals surface area contributed by atoms with E-state index in [0.717, 1.165) is 26.1 Å². The van der Waals surface area contributed by atoms with Gasteiger partial charge in [-0.25, -0.2) is 0 Å². The Labute approximate surface area is 97.3 Å². The third-order valence-corrected chi connectivity index (χ3v) is 3.69. The highest BCUT2D eigenvalue weighted by molar-refractivity contribution is 5.82. The SMILES string of the molecule is CNCC1CN(C(=O)C2CC2(C)C)CCO1. The van der Waals surface area contributed by atoms with Crippen LogP contribution in [0.3, 0.4) is 0 Å². The zero-order chi connectivity index (χ0) is 11.8. The fourth-order valence-electron chi connectivity index (χ4n) is 2.38. The molecule has 0 aromatic carbocycles. The van der Waals surface area contributed by atoms with Gasteiger partial charge in [-0.05, 0) is 18.9 Å². The van der Waals surface area contributed by atoms with Crippen LogP contribution in [0.4, 0.5) is 0 Å². The van der Waals surface area contributed by atoms with Gasteiger partial charge in [-0.2, -0.15) is 0 Å². The van der Waals surface area contributed by atoms with Gasteiger partial charge in [0.2, 0.25) is 5.91 Å². The van der Waals surface area contributed by atoms with Gasteiger partial charge in [0.05, 0.1) is 12.7 Å². The van der Waals surface area contributed by atoms with Crippen molar-refractivity contribution < 1.29 is 9.53 Å². The maximum atomic E-state index is 12.2. The highest BCUT2D eigenvalue weighted by atomic mass is 16.5. The Bertz CT molecular complexity index is 276. The normalized spacial score (nSPS) is 32.6. The van der Waals surface area contributed by atoms with Gasteiger partial charge in [0, 0.05) is 25.6 Å². The summed E-state index contributed by atoms with van der Waals surface area (Å²) in [4.78, 5) is 14.2. The van der Waals surface area contributed by atoms with Gasteiger partial charge < -0.3 is 15.0 Å². The van der Waals surface area contributed by atoms with Crippen LogP contribution in [0.2, 0.25) is 0 Å². The number of rotatable bonds is 3. The van der Waals surface area contributed by atoms with E-state index in [1.807, 2.05) is 11.9 Å². The maximum Gasteiger partial charge on any atom is 0.226 e. The summed E-state index contributed by atoms with van der Waals surface area (Å²) in [7, 11) is 1.91. The van der Waals surface area contributed by atoms with E-state index in [1.54, 1.807) is 0 Å². The molecule has 0 radical (unpaired) electrons. The van der Waals surface area contributed by atoms with Gasteiger partial charge in [-0.15, -0.1) is 0 Å². The molecule has 0 spiro atoms. The van der Waals surface area contributed by atoms with E-state index in [-0.39, 0.29) is 17.4 Å². The van der Waals surface area contributed by atoms with Crippen molar-refractivity contribution in [2.24, 2.45) is 11.3 Å². The van der Waals surface area contributed by atoms with Crippen molar-refractivity contribution in [3.05, 3.63) is 0 Å². The van der Waals surface area contributed by atoms with Crippen molar-refractivity contribution in [1.82, 2.24) is 10.2 Å². The van der Waals surface area contributed by atoms with Gasteiger partial charge in [0.15, 0.2) is 0 Å². The number of carbonyl (C=O) groups excluding carboxylic acids is 1. The fraction of sp³-hybridized carbons (Fsp3) is 0.917. The Kier molecular flexibility index (Phi) is 3.22. The number of ether oxygens (including phenoxy) is 1. The summed E-state index contributed by atoms with van der Waals surface area (Å²) >= 11 is 0. The average molecular weight is 226 g/mol. The molecule has 0 aromatic rings. The van der Waals surface area contributed by atoms with Crippen molar-refractivity contribution in [3.8, 4) is 0 Å². The molecule has 2 atom stereocenters. The van der Waals surface area contributed by atoms with Crippen LogP contribution in [0.25, 0.3) is 0 Å². The fourth-order valence-corrected chi connectivity index (χ4v) is 2.38. The first-order valence-corrected chi connectivity index (χ1v) is 6.09. The first-order valence-electron chi connectivity index (χ1n) is 6.09. The summed E-state index contributed by atoms with van der Waals surface area (Å²) in [6.07, 6.45) is 1.20. The lowest BCUT2D eigenvalue weighted by Gasteiger charge is -2.33. The quantitative estimate of drug-likeness (QED) is 0.761. The molecule has 2 rings (SSSR count). The Balaban J connectivity index is 1.87. The van der Waals surface area contributed by atoms with Crippen LogP contribution in [0, 0.1) is 11.3 Å². The summed E-state index contributed by atoms with van der Waals surface area (Å²) in [5.74, 6) is 0.579. The Morgan fingerprint density at radius 2 is 2.25 bits per heavy atom. The van der Waals surface area contributed by atoms with Crippen LogP contribution in [0.5, 0.6) is 0 Å². The molecule has 1 saturated heterocycles. The zero-order valence-electron chi connectivity index (χ0n) is 10.5. The van der Waals surface area contributed by atoms with Crippen molar-refractivity contribution in [1.29, 1.82) is 0 Å². The number of hydrogen-bond acceptors (Lipinski definition) is 3. The minimum Gasteiger partial charge on any atom is -0.373 e. The summed E-state index contributed by atoms with van der Waals surface area (Å²) in [5.41, 5.74) is 0.230. The molecule has 1 N–H and O–H groups in total. The van der Waals surface area contributed by atoms with Gasteiger partial charge in [0.1, 0.15) is 0 Å². The molecular weight excluding hydrogens is 204 g/mol. The molecule has 2 fully saturated rings. The molecule has 0 bridgehead atoms. The molecule has 4 nitrogen and oxygen atoms in total. The second kappa shape index (κ2) is 4.34. The van der Waals surface area contributed by atoms with Crippen molar-refractivity contribution in [2.45, 2.75) is 26.4 Å². The molecule has 0 aromatic heterocycles. The summed E-state index contributed by atoms with van der Waals surface area (Å²) in [6.45, 7) is 7.32. The topological polar surface area (TPSA) is 41.6 Å². The van der Waals surface area contributed by atoms with Gasteiger partial charge >= 0.3 is 0 Å². The molecule has 2 aliphatic rings. The molecule has 2 unspecified atom stereocenters. The molecule has 4 heteroatoms. The van der Waals surface area contributed by atoms with E-state index < -0.39 is 0 Å². The standard InChI is InChI=1S/C12H22N2O2/c1-12(2)6-10(12)11(15)14-4-5-16-9(8-14)7-13-3/h9-10,13H,4-8H2,1-3H3. The first-order chi connectivity index (χ1) is 7.54. The molecular formula is C12H22N2O2. The maximum absolute atomic E-state index is 12.2. The number of carbonyl (C=O) groups is 1. The lowest BCUT2D eigenvalue weighted by atomic mass is 10.1. The summed E-state index contributed by atoms with van der Waals surface area (Å²) < 4.78 is 5.59. The van der Waals surface area contributed by atoms with Crippen molar-refractivity contribution in [2.75, 3.05) is 33.3 Å².